The van der Waals surface area contributed by atoms with Crippen molar-refractivity contribution in [1.82, 2.24) is 5.32 Å². The van der Waals surface area contributed by atoms with Gasteiger partial charge in [0.15, 0.2) is 0 Å². The quantitative estimate of drug-likeness (QED) is 0.775. The number of methoxy groups -OCH3 is 1. The molecule has 0 aromatic heterocycles. The molecule has 0 heterocycles. The molecule has 1 unspecified atom stereocenters. The summed E-state index contributed by atoms with van der Waals surface area (Å²) in [4.78, 5) is 11.3. The number of halogens is 1. The van der Waals surface area contributed by atoms with Crippen LogP contribution in [0.4, 0.5) is 4.39 Å². The molecule has 0 fully saturated rings. The van der Waals surface area contributed by atoms with Crippen molar-refractivity contribution in [3.8, 4) is 0 Å². The molecule has 1 atom stereocenters. The van der Waals surface area contributed by atoms with E-state index in [9.17, 15) is 9.18 Å². The molecule has 0 spiro atoms. The molecule has 1 rings (SSSR count). The monoisotopic (exact) mass is 239 g/mol. The second kappa shape index (κ2) is 7.01. The number of hydrogen-bond donors (Lipinski definition) is 1. The van der Waals surface area contributed by atoms with Crippen molar-refractivity contribution in [2.75, 3.05) is 13.7 Å². The largest absolute Gasteiger partial charge is 0.469 e. The Balaban J connectivity index is 2.74. The van der Waals surface area contributed by atoms with E-state index in [1.165, 1.54) is 19.2 Å². The lowest BCUT2D eigenvalue weighted by molar-refractivity contribution is -0.141. The molecule has 1 aromatic rings. The molecule has 0 aliphatic heterocycles. The fourth-order valence-corrected chi connectivity index (χ4v) is 1.57. The molecule has 0 saturated carbocycles. The third kappa shape index (κ3) is 4.53. The molecule has 4 heteroatoms. The number of carbonyl (C=O) groups excluding carboxylic acids is 1. The van der Waals surface area contributed by atoms with Crippen molar-refractivity contribution in [1.29, 1.82) is 0 Å². The van der Waals surface area contributed by atoms with Crippen LogP contribution in [-0.2, 0) is 9.53 Å². The second-order valence-corrected chi connectivity index (χ2v) is 3.84. The lowest BCUT2D eigenvalue weighted by Gasteiger charge is -2.17. The van der Waals surface area contributed by atoms with Crippen LogP contribution in [0, 0.1) is 5.82 Å². The average molecular weight is 239 g/mol. The summed E-state index contributed by atoms with van der Waals surface area (Å²) >= 11 is 0. The molecule has 0 amide bonds. The third-order valence-electron chi connectivity index (χ3n) is 2.51. The van der Waals surface area contributed by atoms with Crippen LogP contribution in [0.15, 0.2) is 24.3 Å². The van der Waals surface area contributed by atoms with E-state index in [1.807, 2.05) is 6.92 Å². The summed E-state index contributed by atoms with van der Waals surface area (Å²) in [6.45, 7) is 2.85. The number of benzene rings is 1. The third-order valence-corrected chi connectivity index (χ3v) is 2.51. The number of rotatable bonds is 6. The van der Waals surface area contributed by atoms with Gasteiger partial charge < -0.3 is 10.1 Å². The zero-order chi connectivity index (χ0) is 12.7. The number of hydrogen-bond acceptors (Lipinski definition) is 3. The van der Waals surface area contributed by atoms with Crippen LogP contribution in [0.2, 0.25) is 0 Å². The first-order valence-electron chi connectivity index (χ1n) is 5.73. The summed E-state index contributed by atoms with van der Waals surface area (Å²) in [7, 11) is 1.36. The van der Waals surface area contributed by atoms with Gasteiger partial charge in [-0.25, -0.2) is 4.39 Å². The molecular weight excluding hydrogens is 221 g/mol. The minimum Gasteiger partial charge on any atom is -0.469 e. The molecule has 1 aromatic carbocycles. The Bertz CT molecular complexity index is 351. The number of nitrogens with one attached hydrogen (secondary N) is 1. The van der Waals surface area contributed by atoms with E-state index >= 15 is 0 Å². The van der Waals surface area contributed by atoms with E-state index in [4.69, 9.17) is 0 Å². The molecule has 0 aliphatic rings. The molecule has 3 nitrogen and oxygen atoms in total. The van der Waals surface area contributed by atoms with Gasteiger partial charge in [-0.1, -0.05) is 19.1 Å². The summed E-state index contributed by atoms with van der Waals surface area (Å²) in [5, 5.41) is 3.25. The highest BCUT2D eigenvalue weighted by atomic mass is 19.1. The molecular formula is C13H18FNO2. The van der Waals surface area contributed by atoms with E-state index in [0.717, 1.165) is 18.5 Å². The van der Waals surface area contributed by atoms with Crippen LogP contribution in [0.1, 0.15) is 31.4 Å². The lowest BCUT2D eigenvalue weighted by atomic mass is 10.0. The van der Waals surface area contributed by atoms with Gasteiger partial charge in [-0.2, -0.15) is 0 Å². The fourth-order valence-electron chi connectivity index (χ4n) is 1.57. The Morgan fingerprint density at radius 1 is 1.41 bits per heavy atom. The summed E-state index contributed by atoms with van der Waals surface area (Å²) in [6.07, 6.45) is 1.22. The average Bonchev–Trinajstić information content (AvgIpc) is 2.35. The Morgan fingerprint density at radius 3 is 2.59 bits per heavy atom. The summed E-state index contributed by atoms with van der Waals surface area (Å²) < 4.78 is 17.5. The minimum atomic E-state index is -0.277. The van der Waals surface area contributed by atoms with E-state index in [-0.39, 0.29) is 24.2 Å². The van der Waals surface area contributed by atoms with Gasteiger partial charge in [0.2, 0.25) is 0 Å². The predicted molar refractivity (Wildman–Crippen MR) is 64.1 cm³/mol. The topological polar surface area (TPSA) is 38.3 Å². The van der Waals surface area contributed by atoms with Crippen LogP contribution < -0.4 is 5.32 Å². The van der Waals surface area contributed by atoms with Crippen LogP contribution in [0.3, 0.4) is 0 Å². The summed E-state index contributed by atoms with van der Waals surface area (Å²) in [6, 6.07) is 6.04. The molecule has 0 bridgehead atoms. The molecule has 17 heavy (non-hydrogen) atoms. The maximum absolute atomic E-state index is 12.8. The van der Waals surface area contributed by atoms with Crippen molar-refractivity contribution >= 4 is 5.97 Å². The van der Waals surface area contributed by atoms with Gasteiger partial charge in [-0.3, -0.25) is 4.79 Å². The smallest absolute Gasteiger partial charge is 0.307 e. The highest BCUT2D eigenvalue weighted by Gasteiger charge is 2.15. The first-order valence-corrected chi connectivity index (χ1v) is 5.73. The molecule has 0 aliphatic carbocycles. The van der Waals surface area contributed by atoms with Gasteiger partial charge in [-0.05, 0) is 30.7 Å². The van der Waals surface area contributed by atoms with Gasteiger partial charge in [0.25, 0.3) is 0 Å². The van der Waals surface area contributed by atoms with Gasteiger partial charge >= 0.3 is 5.97 Å². The van der Waals surface area contributed by atoms with Gasteiger partial charge in [0, 0.05) is 6.04 Å². The van der Waals surface area contributed by atoms with E-state index in [1.54, 1.807) is 12.1 Å². The van der Waals surface area contributed by atoms with Crippen molar-refractivity contribution in [3.63, 3.8) is 0 Å². The summed E-state index contributed by atoms with van der Waals surface area (Å²) in [5.74, 6) is -0.552. The maximum Gasteiger partial charge on any atom is 0.307 e. The normalized spacial score (nSPS) is 12.2. The Morgan fingerprint density at radius 2 is 2.06 bits per heavy atom. The zero-order valence-electron chi connectivity index (χ0n) is 10.2. The number of carbonyl (C=O) groups is 1. The SMILES string of the molecule is CCCNC(CC(=O)OC)c1ccc(F)cc1. The van der Waals surface area contributed by atoms with Crippen molar-refractivity contribution < 1.29 is 13.9 Å². The highest BCUT2D eigenvalue weighted by Crippen LogP contribution is 2.17. The first kappa shape index (κ1) is 13.6. The predicted octanol–water partition coefficient (Wildman–Crippen LogP) is 2.43. The van der Waals surface area contributed by atoms with Crippen molar-refractivity contribution in [2.24, 2.45) is 0 Å². The minimum absolute atomic E-state index is 0.122. The Kier molecular flexibility index (Phi) is 5.63. The van der Waals surface area contributed by atoms with Crippen LogP contribution in [0.5, 0.6) is 0 Å². The lowest BCUT2D eigenvalue weighted by Crippen LogP contribution is -2.25. The molecule has 94 valence electrons. The summed E-state index contributed by atoms with van der Waals surface area (Å²) in [5.41, 5.74) is 0.894. The highest BCUT2D eigenvalue weighted by molar-refractivity contribution is 5.70. The molecule has 1 N–H and O–H groups in total. The molecule has 0 radical (unpaired) electrons. The maximum atomic E-state index is 12.8. The zero-order valence-corrected chi connectivity index (χ0v) is 10.2. The van der Waals surface area contributed by atoms with E-state index in [2.05, 4.69) is 10.1 Å². The number of esters is 1. The van der Waals surface area contributed by atoms with Gasteiger partial charge in [0.05, 0.1) is 13.5 Å². The van der Waals surface area contributed by atoms with Crippen LogP contribution in [-0.4, -0.2) is 19.6 Å². The van der Waals surface area contributed by atoms with Crippen molar-refractivity contribution in [3.05, 3.63) is 35.6 Å². The van der Waals surface area contributed by atoms with Gasteiger partial charge in [0.1, 0.15) is 5.82 Å². The standard InChI is InChI=1S/C13H18FNO2/c1-3-8-15-12(9-13(16)17-2)10-4-6-11(14)7-5-10/h4-7,12,15H,3,8-9H2,1-2H3. The fraction of sp³-hybridized carbons (Fsp3) is 0.462. The Labute approximate surface area is 101 Å². The second-order valence-electron chi connectivity index (χ2n) is 3.84. The van der Waals surface area contributed by atoms with Crippen LogP contribution >= 0.6 is 0 Å². The van der Waals surface area contributed by atoms with Gasteiger partial charge in [-0.15, -0.1) is 0 Å². The van der Waals surface area contributed by atoms with E-state index in [0.29, 0.717) is 0 Å². The van der Waals surface area contributed by atoms with Crippen molar-refractivity contribution in [2.45, 2.75) is 25.8 Å². The van der Waals surface area contributed by atoms with E-state index < -0.39 is 0 Å². The number of ether oxygens (including phenoxy) is 1. The first-order chi connectivity index (χ1) is 8.17. The van der Waals surface area contributed by atoms with Crippen LogP contribution in [0.25, 0.3) is 0 Å². The Hall–Kier alpha value is -1.42. The molecule has 0 saturated heterocycles.